The molecule has 5 heteroatoms. The van der Waals surface area contributed by atoms with Gasteiger partial charge in [-0.05, 0) is 37.1 Å². The van der Waals surface area contributed by atoms with Crippen molar-refractivity contribution in [3.8, 4) is 5.75 Å². The van der Waals surface area contributed by atoms with E-state index in [4.69, 9.17) is 15.2 Å². The SMILES string of the molecule is COc1ccc(NC(=O)COC2(CN)CCCC2)cc1. The first-order valence-corrected chi connectivity index (χ1v) is 6.95. The van der Waals surface area contributed by atoms with Crippen LogP contribution in [-0.4, -0.2) is 31.8 Å². The summed E-state index contributed by atoms with van der Waals surface area (Å²) in [6.45, 7) is 0.520. The summed E-state index contributed by atoms with van der Waals surface area (Å²) in [5, 5.41) is 2.80. The number of nitrogens with one attached hydrogen (secondary N) is 1. The Kier molecular flexibility index (Phi) is 4.98. The Bertz CT molecular complexity index is 439. The smallest absolute Gasteiger partial charge is 0.250 e. The Hall–Kier alpha value is -1.59. The van der Waals surface area contributed by atoms with E-state index in [-0.39, 0.29) is 18.1 Å². The summed E-state index contributed by atoms with van der Waals surface area (Å²) in [6.07, 6.45) is 4.13. The number of carbonyl (C=O) groups is 1. The van der Waals surface area contributed by atoms with E-state index in [1.54, 1.807) is 31.4 Å². The van der Waals surface area contributed by atoms with Gasteiger partial charge in [-0.15, -0.1) is 0 Å². The molecule has 5 nitrogen and oxygen atoms in total. The molecule has 0 unspecified atom stereocenters. The van der Waals surface area contributed by atoms with Crippen molar-refractivity contribution in [3.05, 3.63) is 24.3 Å². The second kappa shape index (κ2) is 6.72. The number of nitrogens with two attached hydrogens (primary N) is 1. The second-order valence-corrected chi connectivity index (χ2v) is 5.16. The van der Waals surface area contributed by atoms with Crippen LogP contribution in [0.15, 0.2) is 24.3 Å². The molecule has 110 valence electrons. The highest BCUT2D eigenvalue weighted by Gasteiger charge is 2.33. The molecule has 2 rings (SSSR count). The average Bonchev–Trinajstić information content (AvgIpc) is 2.95. The molecule has 0 spiro atoms. The van der Waals surface area contributed by atoms with Gasteiger partial charge in [-0.2, -0.15) is 0 Å². The fourth-order valence-electron chi connectivity index (χ4n) is 2.52. The Morgan fingerprint density at radius 1 is 1.30 bits per heavy atom. The maximum atomic E-state index is 11.9. The molecule has 1 aromatic rings. The summed E-state index contributed by atoms with van der Waals surface area (Å²) in [4.78, 5) is 11.9. The van der Waals surface area contributed by atoms with Gasteiger partial charge >= 0.3 is 0 Å². The molecule has 0 radical (unpaired) electrons. The van der Waals surface area contributed by atoms with Crippen LogP contribution in [0, 0.1) is 0 Å². The summed E-state index contributed by atoms with van der Waals surface area (Å²) in [5.74, 6) is 0.599. The van der Waals surface area contributed by atoms with E-state index in [0.29, 0.717) is 6.54 Å². The number of hydrogen-bond donors (Lipinski definition) is 2. The summed E-state index contributed by atoms with van der Waals surface area (Å²) >= 11 is 0. The van der Waals surface area contributed by atoms with Crippen molar-refractivity contribution in [2.45, 2.75) is 31.3 Å². The molecule has 1 aromatic carbocycles. The maximum absolute atomic E-state index is 11.9. The number of amides is 1. The zero-order valence-corrected chi connectivity index (χ0v) is 11.9. The first-order valence-electron chi connectivity index (χ1n) is 6.95. The van der Waals surface area contributed by atoms with Crippen molar-refractivity contribution in [3.63, 3.8) is 0 Å². The lowest BCUT2D eigenvalue weighted by Crippen LogP contribution is -2.40. The fourth-order valence-corrected chi connectivity index (χ4v) is 2.52. The standard InChI is InChI=1S/C15H22N2O3/c1-19-13-6-4-12(5-7-13)17-14(18)10-20-15(11-16)8-2-3-9-15/h4-7H,2-3,8-11,16H2,1H3,(H,17,18). The summed E-state index contributed by atoms with van der Waals surface area (Å²) < 4.78 is 10.8. The van der Waals surface area contributed by atoms with Crippen molar-refractivity contribution in [1.29, 1.82) is 0 Å². The molecule has 0 atom stereocenters. The van der Waals surface area contributed by atoms with Gasteiger partial charge in [0, 0.05) is 12.2 Å². The van der Waals surface area contributed by atoms with Crippen LogP contribution >= 0.6 is 0 Å². The molecule has 1 saturated carbocycles. The predicted molar refractivity (Wildman–Crippen MR) is 77.8 cm³/mol. The molecule has 0 bridgehead atoms. The van der Waals surface area contributed by atoms with Crippen molar-refractivity contribution in [2.75, 3.05) is 25.6 Å². The van der Waals surface area contributed by atoms with Gasteiger partial charge in [0.1, 0.15) is 12.4 Å². The third-order valence-electron chi connectivity index (χ3n) is 3.77. The van der Waals surface area contributed by atoms with Gasteiger partial charge < -0.3 is 20.5 Å². The molecule has 20 heavy (non-hydrogen) atoms. The number of carbonyl (C=O) groups excluding carboxylic acids is 1. The first kappa shape index (κ1) is 14.8. The lowest BCUT2D eigenvalue weighted by Gasteiger charge is -2.27. The minimum atomic E-state index is -0.294. The van der Waals surface area contributed by atoms with Gasteiger partial charge in [-0.3, -0.25) is 4.79 Å². The van der Waals surface area contributed by atoms with Crippen LogP contribution in [0.1, 0.15) is 25.7 Å². The van der Waals surface area contributed by atoms with E-state index in [0.717, 1.165) is 37.1 Å². The van der Waals surface area contributed by atoms with Crippen molar-refractivity contribution in [1.82, 2.24) is 0 Å². The quantitative estimate of drug-likeness (QED) is 0.833. The van der Waals surface area contributed by atoms with Crippen molar-refractivity contribution < 1.29 is 14.3 Å². The van der Waals surface area contributed by atoms with Gasteiger partial charge in [0.2, 0.25) is 5.91 Å². The molecule has 1 amide bonds. The monoisotopic (exact) mass is 278 g/mol. The van der Waals surface area contributed by atoms with Gasteiger partial charge in [-0.25, -0.2) is 0 Å². The topological polar surface area (TPSA) is 73.6 Å². The minimum absolute atomic E-state index is 0.0449. The molecule has 0 saturated heterocycles. The molecule has 1 fully saturated rings. The van der Waals surface area contributed by atoms with E-state index in [9.17, 15) is 4.79 Å². The molecule has 1 aliphatic carbocycles. The molecule has 1 aliphatic rings. The van der Waals surface area contributed by atoms with Gasteiger partial charge in [0.05, 0.1) is 12.7 Å². The van der Waals surface area contributed by atoms with Gasteiger partial charge in [0.25, 0.3) is 0 Å². The molecule has 0 aliphatic heterocycles. The van der Waals surface area contributed by atoms with Crippen LogP contribution in [-0.2, 0) is 9.53 Å². The minimum Gasteiger partial charge on any atom is -0.497 e. The third kappa shape index (κ3) is 3.71. The normalized spacial score (nSPS) is 16.9. The van der Waals surface area contributed by atoms with Crippen LogP contribution in [0.25, 0.3) is 0 Å². The van der Waals surface area contributed by atoms with E-state index in [2.05, 4.69) is 5.32 Å². The van der Waals surface area contributed by atoms with Crippen LogP contribution in [0.2, 0.25) is 0 Å². The highest BCUT2D eigenvalue weighted by Crippen LogP contribution is 2.32. The highest BCUT2D eigenvalue weighted by molar-refractivity contribution is 5.91. The third-order valence-corrected chi connectivity index (χ3v) is 3.77. The number of ether oxygens (including phenoxy) is 2. The van der Waals surface area contributed by atoms with Gasteiger partial charge in [-0.1, -0.05) is 12.8 Å². The molecular formula is C15H22N2O3. The predicted octanol–water partition coefficient (Wildman–Crippen LogP) is 1.92. The van der Waals surface area contributed by atoms with Gasteiger partial charge in [0.15, 0.2) is 0 Å². The fraction of sp³-hybridized carbons (Fsp3) is 0.533. The lowest BCUT2D eigenvalue weighted by atomic mass is 10.0. The Labute approximate surface area is 119 Å². The highest BCUT2D eigenvalue weighted by atomic mass is 16.5. The summed E-state index contributed by atoms with van der Waals surface area (Å²) in [6, 6.07) is 7.19. The van der Waals surface area contributed by atoms with E-state index in [1.165, 1.54) is 0 Å². The Morgan fingerprint density at radius 2 is 1.95 bits per heavy atom. The number of hydrogen-bond acceptors (Lipinski definition) is 4. The maximum Gasteiger partial charge on any atom is 0.250 e. The second-order valence-electron chi connectivity index (χ2n) is 5.16. The largest absolute Gasteiger partial charge is 0.497 e. The molecular weight excluding hydrogens is 256 g/mol. The van der Waals surface area contributed by atoms with E-state index >= 15 is 0 Å². The number of rotatable bonds is 6. The van der Waals surface area contributed by atoms with Crippen molar-refractivity contribution in [2.24, 2.45) is 5.73 Å². The average molecular weight is 278 g/mol. The van der Waals surface area contributed by atoms with Crippen LogP contribution in [0.4, 0.5) is 5.69 Å². The zero-order chi connectivity index (χ0) is 14.4. The number of methoxy groups -OCH3 is 1. The Balaban J connectivity index is 1.82. The molecule has 0 heterocycles. The summed E-state index contributed by atoms with van der Waals surface area (Å²) in [7, 11) is 1.61. The van der Waals surface area contributed by atoms with E-state index in [1.807, 2.05) is 0 Å². The summed E-state index contributed by atoms with van der Waals surface area (Å²) in [5.41, 5.74) is 6.20. The van der Waals surface area contributed by atoms with E-state index < -0.39 is 0 Å². The van der Waals surface area contributed by atoms with Crippen molar-refractivity contribution >= 4 is 11.6 Å². The Morgan fingerprint density at radius 3 is 2.50 bits per heavy atom. The number of anilines is 1. The lowest BCUT2D eigenvalue weighted by molar-refractivity contribution is -0.127. The first-order chi connectivity index (χ1) is 9.67. The van der Waals surface area contributed by atoms with Crippen LogP contribution < -0.4 is 15.8 Å². The zero-order valence-electron chi connectivity index (χ0n) is 11.9. The van der Waals surface area contributed by atoms with Crippen LogP contribution in [0.5, 0.6) is 5.75 Å². The van der Waals surface area contributed by atoms with Crippen LogP contribution in [0.3, 0.4) is 0 Å². The number of benzene rings is 1. The molecule has 3 N–H and O–H groups in total. The molecule has 0 aromatic heterocycles.